The van der Waals surface area contributed by atoms with Crippen LogP contribution in [0.1, 0.15) is 45.5 Å². The van der Waals surface area contributed by atoms with Crippen LogP contribution in [-0.4, -0.2) is 57.6 Å². The smallest absolute Gasteiger partial charge is 0.262 e. The molecule has 6 heteroatoms. The summed E-state index contributed by atoms with van der Waals surface area (Å²) in [6.45, 7) is 11.4. The highest BCUT2D eigenvalue weighted by molar-refractivity contribution is 5.76. The molecule has 1 saturated heterocycles. The van der Waals surface area contributed by atoms with E-state index in [0.29, 0.717) is 17.8 Å². The minimum Gasteiger partial charge on any atom is -0.305 e. The van der Waals surface area contributed by atoms with Crippen molar-refractivity contribution in [1.29, 1.82) is 0 Å². The van der Waals surface area contributed by atoms with Crippen molar-refractivity contribution in [2.24, 2.45) is 5.92 Å². The summed E-state index contributed by atoms with van der Waals surface area (Å²) in [5.41, 5.74) is 0.785. The third-order valence-electron chi connectivity index (χ3n) is 5.34. The molecule has 1 aliphatic rings. The van der Waals surface area contributed by atoms with E-state index in [1.54, 1.807) is 12.4 Å². The van der Waals surface area contributed by atoms with Gasteiger partial charge < -0.3 is 4.90 Å². The first-order valence-electron chi connectivity index (χ1n) is 9.82. The van der Waals surface area contributed by atoms with Crippen LogP contribution in [0, 0.1) is 5.92 Å². The molecule has 0 saturated carbocycles. The third-order valence-corrected chi connectivity index (χ3v) is 5.34. The SMILES string of the molecule is CCCC(c1nc2ccncc2c(=O)n1CC)N1CCN(C)C[C@@H](C)C1. The molecule has 0 N–H and O–H groups in total. The van der Waals surface area contributed by atoms with E-state index >= 15 is 0 Å². The standard InChI is InChI=1S/C20H31N5O/c1-5-7-18(24-11-10-23(4)13-15(3)14-24)19-22-17-8-9-21-12-16(17)20(26)25(19)6-2/h8-9,12,15,18H,5-7,10-11,13-14H2,1-4H3/t15-,18?/m1/s1. The Labute approximate surface area is 155 Å². The molecule has 2 aromatic heterocycles. The van der Waals surface area contributed by atoms with E-state index in [0.717, 1.165) is 50.4 Å². The third kappa shape index (κ3) is 3.81. The van der Waals surface area contributed by atoms with Gasteiger partial charge in [-0.05, 0) is 32.4 Å². The number of hydrogen-bond donors (Lipinski definition) is 0. The highest BCUT2D eigenvalue weighted by atomic mass is 16.1. The highest BCUT2D eigenvalue weighted by Crippen LogP contribution is 2.27. The first-order chi connectivity index (χ1) is 12.5. The second-order valence-electron chi connectivity index (χ2n) is 7.58. The van der Waals surface area contributed by atoms with Crippen molar-refractivity contribution in [2.45, 2.75) is 46.2 Å². The van der Waals surface area contributed by atoms with E-state index in [1.165, 1.54) is 0 Å². The molecule has 0 amide bonds. The first-order valence-corrected chi connectivity index (χ1v) is 9.82. The van der Waals surface area contributed by atoms with Gasteiger partial charge in [-0.3, -0.25) is 19.2 Å². The Kier molecular flexibility index (Phi) is 6.04. The van der Waals surface area contributed by atoms with Crippen molar-refractivity contribution in [3.63, 3.8) is 0 Å². The van der Waals surface area contributed by atoms with Gasteiger partial charge in [0.25, 0.3) is 5.56 Å². The molecular formula is C20H31N5O. The van der Waals surface area contributed by atoms with Crippen LogP contribution in [0.4, 0.5) is 0 Å². The first kappa shape index (κ1) is 19.0. The molecule has 0 bridgehead atoms. The van der Waals surface area contributed by atoms with E-state index in [9.17, 15) is 4.79 Å². The largest absolute Gasteiger partial charge is 0.305 e. The van der Waals surface area contributed by atoms with Crippen molar-refractivity contribution in [3.05, 3.63) is 34.6 Å². The quantitative estimate of drug-likeness (QED) is 0.823. The fraction of sp³-hybridized carbons (Fsp3) is 0.650. The average molecular weight is 358 g/mol. The van der Waals surface area contributed by atoms with Gasteiger partial charge in [0.2, 0.25) is 0 Å². The van der Waals surface area contributed by atoms with Gasteiger partial charge in [0.1, 0.15) is 5.82 Å². The normalized spacial score (nSPS) is 21.0. The van der Waals surface area contributed by atoms with Gasteiger partial charge in [-0.2, -0.15) is 0 Å². The molecule has 1 unspecified atom stereocenters. The lowest BCUT2D eigenvalue weighted by atomic mass is 10.1. The van der Waals surface area contributed by atoms with Crippen LogP contribution >= 0.6 is 0 Å². The molecular weight excluding hydrogens is 326 g/mol. The predicted molar refractivity (Wildman–Crippen MR) is 105 cm³/mol. The van der Waals surface area contributed by atoms with Crippen molar-refractivity contribution in [1.82, 2.24) is 24.3 Å². The lowest BCUT2D eigenvalue weighted by molar-refractivity contribution is 0.167. The van der Waals surface area contributed by atoms with Gasteiger partial charge in [0.05, 0.1) is 16.9 Å². The second kappa shape index (κ2) is 8.27. The summed E-state index contributed by atoms with van der Waals surface area (Å²) in [7, 11) is 2.19. The van der Waals surface area contributed by atoms with Crippen LogP contribution < -0.4 is 5.56 Å². The fourth-order valence-electron chi connectivity index (χ4n) is 4.15. The number of fused-ring (bicyclic) bond motifs is 1. The van der Waals surface area contributed by atoms with Crippen molar-refractivity contribution in [3.8, 4) is 0 Å². The lowest BCUT2D eigenvalue weighted by Gasteiger charge is -2.32. The zero-order chi connectivity index (χ0) is 18.7. The number of aromatic nitrogens is 3. The number of hydrogen-bond acceptors (Lipinski definition) is 5. The van der Waals surface area contributed by atoms with E-state index < -0.39 is 0 Å². The summed E-state index contributed by atoms with van der Waals surface area (Å²) >= 11 is 0. The van der Waals surface area contributed by atoms with E-state index in [4.69, 9.17) is 4.98 Å². The molecule has 3 rings (SSSR count). The summed E-state index contributed by atoms with van der Waals surface area (Å²) in [6.07, 6.45) is 5.43. The Hall–Kier alpha value is -1.79. The maximum Gasteiger partial charge on any atom is 0.262 e. The fourth-order valence-corrected chi connectivity index (χ4v) is 4.15. The second-order valence-corrected chi connectivity index (χ2v) is 7.58. The van der Waals surface area contributed by atoms with Gasteiger partial charge in [-0.25, -0.2) is 4.98 Å². The van der Waals surface area contributed by atoms with Crippen molar-refractivity contribution in [2.75, 3.05) is 33.2 Å². The zero-order valence-electron chi connectivity index (χ0n) is 16.5. The molecule has 0 radical (unpaired) electrons. The molecule has 2 atom stereocenters. The minimum absolute atomic E-state index is 0.0293. The number of pyridine rings is 1. The molecule has 3 heterocycles. The summed E-state index contributed by atoms with van der Waals surface area (Å²) in [5.74, 6) is 1.52. The minimum atomic E-state index is 0.0293. The number of rotatable bonds is 5. The molecule has 1 fully saturated rings. The van der Waals surface area contributed by atoms with Gasteiger partial charge in [0, 0.05) is 45.1 Å². The maximum absolute atomic E-state index is 13.0. The van der Waals surface area contributed by atoms with Gasteiger partial charge >= 0.3 is 0 Å². The van der Waals surface area contributed by atoms with E-state index in [-0.39, 0.29) is 11.6 Å². The summed E-state index contributed by atoms with van der Waals surface area (Å²) < 4.78 is 1.85. The molecule has 0 spiro atoms. The molecule has 26 heavy (non-hydrogen) atoms. The van der Waals surface area contributed by atoms with Crippen molar-refractivity contribution < 1.29 is 0 Å². The summed E-state index contributed by atoms with van der Waals surface area (Å²) in [4.78, 5) is 27.0. The van der Waals surface area contributed by atoms with Gasteiger partial charge in [0.15, 0.2) is 0 Å². The van der Waals surface area contributed by atoms with Crippen LogP contribution in [0.3, 0.4) is 0 Å². The number of likely N-dealkylation sites (N-methyl/N-ethyl adjacent to an activating group) is 1. The molecule has 2 aromatic rings. The molecule has 142 valence electrons. The highest BCUT2D eigenvalue weighted by Gasteiger charge is 2.28. The Morgan fingerprint density at radius 3 is 2.81 bits per heavy atom. The van der Waals surface area contributed by atoms with Crippen LogP contribution in [0.25, 0.3) is 10.9 Å². The van der Waals surface area contributed by atoms with Crippen molar-refractivity contribution >= 4 is 10.9 Å². The topological polar surface area (TPSA) is 54.3 Å². The molecule has 0 aliphatic carbocycles. The van der Waals surface area contributed by atoms with E-state index in [1.807, 2.05) is 17.6 Å². The Balaban J connectivity index is 2.08. The monoisotopic (exact) mass is 357 g/mol. The Morgan fingerprint density at radius 1 is 1.27 bits per heavy atom. The average Bonchev–Trinajstić information content (AvgIpc) is 2.79. The maximum atomic E-state index is 13.0. The van der Waals surface area contributed by atoms with Crippen LogP contribution in [0.15, 0.2) is 23.3 Å². The van der Waals surface area contributed by atoms with Gasteiger partial charge in [-0.1, -0.05) is 20.3 Å². The van der Waals surface area contributed by atoms with Crippen LogP contribution in [0.5, 0.6) is 0 Å². The molecule has 1 aliphatic heterocycles. The molecule has 0 aromatic carbocycles. The van der Waals surface area contributed by atoms with E-state index in [2.05, 4.69) is 35.7 Å². The molecule has 6 nitrogen and oxygen atoms in total. The van der Waals surface area contributed by atoms with Crippen LogP contribution in [0.2, 0.25) is 0 Å². The number of nitrogens with zero attached hydrogens (tertiary/aromatic N) is 5. The lowest BCUT2D eigenvalue weighted by Crippen LogP contribution is -2.38. The van der Waals surface area contributed by atoms with Crippen LogP contribution in [-0.2, 0) is 6.54 Å². The predicted octanol–water partition coefficient (Wildman–Crippen LogP) is 2.54. The summed E-state index contributed by atoms with van der Waals surface area (Å²) in [6, 6.07) is 2.03. The Bertz CT molecular complexity index is 802. The Morgan fingerprint density at radius 2 is 2.08 bits per heavy atom. The zero-order valence-corrected chi connectivity index (χ0v) is 16.5. The van der Waals surface area contributed by atoms with Gasteiger partial charge in [-0.15, -0.1) is 0 Å². The summed E-state index contributed by atoms with van der Waals surface area (Å²) in [5, 5.41) is 0.609.